The minimum Gasteiger partial charge on any atom is -0.493 e. The van der Waals surface area contributed by atoms with Crippen molar-refractivity contribution in [2.24, 2.45) is 0 Å². The lowest BCUT2D eigenvalue weighted by Crippen LogP contribution is -2.00. The molecule has 0 saturated carbocycles. The second-order valence-corrected chi connectivity index (χ2v) is 8.37. The molecular weight excluding hydrogens is 352 g/mol. The van der Waals surface area contributed by atoms with Crippen LogP contribution >= 0.6 is 11.3 Å². The first-order valence-corrected chi connectivity index (χ1v) is 12.0. The first-order chi connectivity index (χ1) is 13.4. The molecular formula is C24H38O2S. The van der Waals surface area contributed by atoms with Gasteiger partial charge in [-0.05, 0) is 25.0 Å². The number of hydrogen-bond donors (Lipinski definition) is 0. The van der Waals surface area contributed by atoms with Gasteiger partial charge in [0.15, 0.2) is 0 Å². The van der Waals surface area contributed by atoms with Crippen LogP contribution in [0.25, 0.3) is 10.1 Å². The van der Waals surface area contributed by atoms with Crippen molar-refractivity contribution in [1.82, 2.24) is 0 Å². The normalized spacial score (nSPS) is 11.2. The topological polar surface area (TPSA) is 18.5 Å². The Labute approximate surface area is 170 Å². The summed E-state index contributed by atoms with van der Waals surface area (Å²) < 4.78 is 13.5. The average Bonchev–Trinajstić information content (AvgIpc) is 3.10. The Hall–Kier alpha value is -1.22. The Balaban J connectivity index is 1.77. The zero-order valence-corrected chi connectivity index (χ0v) is 18.3. The number of thiophene rings is 1. The van der Waals surface area contributed by atoms with Crippen molar-refractivity contribution in [1.29, 1.82) is 0 Å². The molecule has 3 heteroatoms. The van der Waals surface area contributed by atoms with E-state index in [1.165, 1.54) is 74.3 Å². The van der Waals surface area contributed by atoms with Gasteiger partial charge < -0.3 is 9.47 Å². The van der Waals surface area contributed by atoms with Gasteiger partial charge in [0.25, 0.3) is 0 Å². The molecule has 0 spiro atoms. The lowest BCUT2D eigenvalue weighted by Gasteiger charge is -2.10. The van der Waals surface area contributed by atoms with E-state index in [1.807, 2.05) is 0 Å². The third kappa shape index (κ3) is 8.13. The molecule has 0 N–H and O–H groups in total. The summed E-state index contributed by atoms with van der Waals surface area (Å²) in [7, 11) is 0. The van der Waals surface area contributed by atoms with E-state index in [-0.39, 0.29) is 0 Å². The second kappa shape index (κ2) is 13.9. The summed E-state index contributed by atoms with van der Waals surface area (Å²) in [5.74, 6) is 1.99. The average molecular weight is 391 g/mol. The number of benzene rings is 1. The smallest absolute Gasteiger partial charge is 0.141 e. The van der Waals surface area contributed by atoms with Crippen LogP contribution in [0.1, 0.15) is 90.9 Å². The highest BCUT2D eigenvalue weighted by Gasteiger charge is 2.11. The number of unbranched alkanes of at least 4 members (excludes halogenated alkanes) is 10. The molecule has 0 saturated heterocycles. The van der Waals surface area contributed by atoms with Crippen LogP contribution in [-0.4, -0.2) is 13.2 Å². The van der Waals surface area contributed by atoms with Gasteiger partial charge in [0, 0.05) is 10.1 Å². The maximum atomic E-state index is 6.12. The van der Waals surface area contributed by atoms with Gasteiger partial charge in [0.2, 0.25) is 0 Å². The fraction of sp³-hybridized carbons (Fsp3) is 0.667. The minimum absolute atomic E-state index is 0.804. The third-order valence-corrected chi connectivity index (χ3v) is 5.96. The molecule has 1 heterocycles. The van der Waals surface area contributed by atoms with E-state index in [9.17, 15) is 0 Å². The molecule has 152 valence electrons. The highest BCUT2D eigenvalue weighted by atomic mass is 32.1. The molecule has 0 atom stereocenters. The Morgan fingerprint density at radius 3 is 1.85 bits per heavy atom. The molecule has 2 aromatic rings. The monoisotopic (exact) mass is 390 g/mol. The van der Waals surface area contributed by atoms with E-state index >= 15 is 0 Å². The van der Waals surface area contributed by atoms with Crippen LogP contribution in [0.4, 0.5) is 0 Å². The molecule has 0 radical (unpaired) electrons. The molecule has 1 aromatic carbocycles. The van der Waals surface area contributed by atoms with Crippen LogP contribution < -0.4 is 9.47 Å². The summed E-state index contributed by atoms with van der Waals surface area (Å²) in [5, 5.41) is 3.30. The van der Waals surface area contributed by atoms with Crippen LogP contribution in [0.15, 0.2) is 23.6 Å². The Kier molecular flexibility index (Phi) is 11.3. The van der Waals surface area contributed by atoms with Crippen molar-refractivity contribution in [3.05, 3.63) is 23.6 Å². The maximum Gasteiger partial charge on any atom is 0.141 e. The number of ether oxygens (including phenoxy) is 2. The predicted octanol–water partition coefficient (Wildman–Crippen LogP) is 8.38. The number of rotatable bonds is 16. The van der Waals surface area contributed by atoms with E-state index in [2.05, 4.69) is 37.4 Å². The Bertz CT molecular complexity index is 620. The lowest BCUT2D eigenvalue weighted by atomic mass is 10.1. The molecule has 0 aliphatic carbocycles. The minimum atomic E-state index is 0.804. The molecule has 2 rings (SSSR count). The molecule has 1 aromatic heterocycles. The Morgan fingerprint density at radius 1 is 0.667 bits per heavy atom. The van der Waals surface area contributed by atoms with E-state index in [0.29, 0.717) is 0 Å². The molecule has 0 aliphatic heterocycles. The van der Waals surface area contributed by atoms with E-state index < -0.39 is 0 Å². The summed E-state index contributed by atoms with van der Waals surface area (Å²) >= 11 is 1.75. The highest BCUT2D eigenvalue weighted by Crippen LogP contribution is 2.39. The summed E-state index contributed by atoms with van der Waals surface area (Å²) in [5.41, 5.74) is 0. The van der Waals surface area contributed by atoms with Crippen LogP contribution in [-0.2, 0) is 0 Å². The predicted molar refractivity (Wildman–Crippen MR) is 120 cm³/mol. The van der Waals surface area contributed by atoms with E-state index in [0.717, 1.165) is 37.6 Å². The quantitative estimate of drug-likeness (QED) is 0.268. The molecule has 2 nitrogen and oxygen atoms in total. The zero-order valence-electron chi connectivity index (χ0n) is 17.4. The zero-order chi connectivity index (χ0) is 19.2. The van der Waals surface area contributed by atoms with Gasteiger partial charge in [-0.3, -0.25) is 0 Å². The van der Waals surface area contributed by atoms with Crippen LogP contribution in [0, 0.1) is 0 Å². The molecule has 0 bridgehead atoms. The van der Waals surface area contributed by atoms with Gasteiger partial charge in [-0.15, -0.1) is 11.3 Å². The largest absolute Gasteiger partial charge is 0.493 e. The fourth-order valence-electron chi connectivity index (χ4n) is 3.38. The van der Waals surface area contributed by atoms with Gasteiger partial charge >= 0.3 is 0 Å². The summed E-state index contributed by atoms with van der Waals surface area (Å²) in [6, 6.07) is 6.34. The van der Waals surface area contributed by atoms with E-state index in [4.69, 9.17) is 9.47 Å². The Morgan fingerprint density at radius 2 is 1.22 bits per heavy atom. The number of hydrogen-bond acceptors (Lipinski definition) is 3. The number of fused-ring (bicyclic) bond motifs is 1. The third-order valence-electron chi connectivity index (χ3n) is 5.04. The van der Waals surface area contributed by atoms with Gasteiger partial charge in [0.1, 0.15) is 11.5 Å². The summed E-state index contributed by atoms with van der Waals surface area (Å²) in [4.78, 5) is 0. The SMILES string of the molecule is CCCCCCCCOc1cccc2scc(OCCCCCCCC)c12. The molecule has 0 unspecified atom stereocenters. The van der Waals surface area contributed by atoms with Crippen molar-refractivity contribution in [3.8, 4) is 11.5 Å². The van der Waals surface area contributed by atoms with Crippen LogP contribution in [0.5, 0.6) is 11.5 Å². The van der Waals surface area contributed by atoms with E-state index in [1.54, 1.807) is 11.3 Å². The van der Waals surface area contributed by atoms with Crippen molar-refractivity contribution in [2.45, 2.75) is 90.9 Å². The van der Waals surface area contributed by atoms with Gasteiger partial charge in [-0.2, -0.15) is 0 Å². The standard InChI is InChI=1S/C24H38O2S/c1-3-5-7-9-11-13-18-25-21-16-15-17-23-24(21)22(20-27-23)26-19-14-12-10-8-6-4-2/h15-17,20H,3-14,18-19H2,1-2H3. The maximum absolute atomic E-state index is 6.12. The van der Waals surface area contributed by atoms with Crippen molar-refractivity contribution >= 4 is 21.4 Å². The van der Waals surface area contributed by atoms with Gasteiger partial charge in [-0.25, -0.2) is 0 Å². The fourth-order valence-corrected chi connectivity index (χ4v) is 4.28. The van der Waals surface area contributed by atoms with Crippen LogP contribution in [0.2, 0.25) is 0 Å². The summed E-state index contributed by atoms with van der Waals surface area (Å²) in [6.07, 6.45) is 15.5. The second-order valence-electron chi connectivity index (χ2n) is 7.46. The van der Waals surface area contributed by atoms with Crippen molar-refractivity contribution < 1.29 is 9.47 Å². The van der Waals surface area contributed by atoms with Crippen molar-refractivity contribution in [3.63, 3.8) is 0 Å². The highest BCUT2D eigenvalue weighted by molar-refractivity contribution is 7.17. The molecule has 0 amide bonds. The summed E-state index contributed by atoms with van der Waals surface area (Å²) in [6.45, 7) is 6.13. The molecule has 0 aliphatic rings. The van der Waals surface area contributed by atoms with Crippen molar-refractivity contribution in [2.75, 3.05) is 13.2 Å². The lowest BCUT2D eigenvalue weighted by molar-refractivity contribution is 0.298. The first kappa shape index (κ1) is 22.1. The van der Waals surface area contributed by atoms with Gasteiger partial charge in [0.05, 0.1) is 18.6 Å². The van der Waals surface area contributed by atoms with Gasteiger partial charge in [-0.1, -0.05) is 84.1 Å². The first-order valence-electron chi connectivity index (χ1n) is 11.1. The molecule has 0 fully saturated rings. The van der Waals surface area contributed by atoms with Crippen LogP contribution in [0.3, 0.4) is 0 Å². The molecule has 27 heavy (non-hydrogen) atoms.